The molecule has 0 aromatic heterocycles. The van der Waals surface area contributed by atoms with Crippen molar-refractivity contribution in [2.75, 3.05) is 13.4 Å². The van der Waals surface area contributed by atoms with Gasteiger partial charge in [0.1, 0.15) is 12.6 Å². The molecule has 0 aliphatic carbocycles. The van der Waals surface area contributed by atoms with Gasteiger partial charge in [0.15, 0.2) is 23.0 Å². The van der Waals surface area contributed by atoms with E-state index in [-0.39, 0.29) is 19.3 Å². The molecule has 1 aliphatic heterocycles. The van der Waals surface area contributed by atoms with E-state index in [0.29, 0.717) is 50.8 Å². The van der Waals surface area contributed by atoms with E-state index in [4.69, 9.17) is 42.1 Å². The lowest BCUT2D eigenvalue weighted by atomic mass is 10.0. The van der Waals surface area contributed by atoms with Gasteiger partial charge in [-0.2, -0.15) is 5.10 Å². The predicted molar refractivity (Wildman–Crippen MR) is 166 cm³/mol. The Morgan fingerprint density at radius 1 is 1.07 bits per heavy atom. The molecule has 1 atom stereocenters. The molecule has 3 aromatic carbocycles. The van der Waals surface area contributed by atoms with E-state index < -0.39 is 17.9 Å². The van der Waals surface area contributed by atoms with Gasteiger partial charge >= 0.3 is 0 Å². The molecule has 0 radical (unpaired) electrons. The predicted octanol–water partition coefficient (Wildman–Crippen LogP) is 6.21. The molecule has 0 saturated heterocycles. The number of nitrogens with one attached hydrogen (secondary N) is 2. The van der Waals surface area contributed by atoms with Crippen LogP contribution in [0.1, 0.15) is 42.3 Å². The standard InChI is InChI=1S/C29H28Cl2IN3O6/c1-4-38-25-10-17(9-22(32)27(25)39-14-19-5-7-20(30)12-21(19)31)13-33-35-29(37)26(16(2)3)34-28(36)18-6-8-23-24(11-18)41-15-40-23/h5-13,16,26H,4,14-15H2,1-3H3,(H,34,36)(H,35,37)/b33-13+. The SMILES string of the molecule is CCOc1cc(/C=N/NC(=O)C(NC(=O)c2ccc3c(c2)OCO3)C(C)C)cc(I)c1OCc1ccc(Cl)cc1Cl. The highest BCUT2D eigenvalue weighted by Crippen LogP contribution is 2.35. The Morgan fingerprint density at radius 2 is 1.85 bits per heavy atom. The van der Waals surface area contributed by atoms with Crippen molar-refractivity contribution in [1.82, 2.24) is 10.7 Å². The number of carbonyl (C=O) groups excluding carboxylic acids is 2. The van der Waals surface area contributed by atoms with Crippen LogP contribution < -0.4 is 29.7 Å². The first-order valence-corrected chi connectivity index (χ1v) is 14.6. The fourth-order valence-corrected chi connectivity index (χ4v) is 5.14. The number of hydrogen-bond acceptors (Lipinski definition) is 7. The van der Waals surface area contributed by atoms with Crippen LogP contribution >= 0.6 is 45.8 Å². The van der Waals surface area contributed by atoms with Crippen LogP contribution in [-0.2, 0) is 11.4 Å². The largest absolute Gasteiger partial charge is 0.490 e. The van der Waals surface area contributed by atoms with Gasteiger partial charge in [0.25, 0.3) is 11.8 Å². The van der Waals surface area contributed by atoms with Gasteiger partial charge in [-0.05, 0) is 83.5 Å². The number of carbonyl (C=O) groups is 2. The second kappa shape index (κ2) is 14.1. The maximum atomic E-state index is 12.9. The summed E-state index contributed by atoms with van der Waals surface area (Å²) in [6, 6.07) is 12.9. The highest BCUT2D eigenvalue weighted by Gasteiger charge is 2.25. The Kier molecular flexibility index (Phi) is 10.6. The molecule has 2 amide bonds. The third kappa shape index (κ3) is 7.96. The molecule has 0 spiro atoms. The summed E-state index contributed by atoms with van der Waals surface area (Å²) in [7, 11) is 0. The molecule has 2 N–H and O–H groups in total. The highest BCUT2D eigenvalue weighted by molar-refractivity contribution is 14.1. The van der Waals surface area contributed by atoms with Gasteiger partial charge in [0.05, 0.1) is 16.4 Å². The molecular formula is C29H28Cl2IN3O6. The average Bonchev–Trinajstić information content (AvgIpc) is 3.40. The minimum absolute atomic E-state index is 0.106. The third-order valence-electron chi connectivity index (χ3n) is 5.98. The number of hydrogen-bond donors (Lipinski definition) is 2. The van der Waals surface area contributed by atoms with Crippen molar-refractivity contribution in [3.63, 3.8) is 0 Å². The van der Waals surface area contributed by atoms with Crippen molar-refractivity contribution in [3.8, 4) is 23.0 Å². The minimum Gasteiger partial charge on any atom is -0.490 e. The van der Waals surface area contributed by atoms with Crippen LogP contribution in [0, 0.1) is 9.49 Å². The molecule has 0 saturated carbocycles. The highest BCUT2D eigenvalue weighted by atomic mass is 127. The van der Waals surface area contributed by atoms with Crippen LogP contribution in [0.5, 0.6) is 23.0 Å². The summed E-state index contributed by atoms with van der Waals surface area (Å²) < 4.78 is 23.3. The lowest BCUT2D eigenvalue weighted by Crippen LogP contribution is -2.48. The lowest BCUT2D eigenvalue weighted by molar-refractivity contribution is -0.123. The first-order chi connectivity index (χ1) is 19.7. The van der Waals surface area contributed by atoms with Crippen molar-refractivity contribution >= 4 is 63.8 Å². The molecule has 1 heterocycles. The molecular weight excluding hydrogens is 684 g/mol. The number of halogens is 3. The van der Waals surface area contributed by atoms with Crippen molar-refractivity contribution in [3.05, 3.63) is 78.8 Å². The summed E-state index contributed by atoms with van der Waals surface area (Å²) in [6.45, 7) is 6.29. The van der Waals surface area contributed by atoms with Crippen LogP contribution in [0.3, 0.4) is 0 Å². The zero-order valence-electron chi connectivity index (χ0n) is 22.5. The van der Waals surface area contributed by atoms with Crippen LogP contribution in [0.25, 0.3) is 0 Å². The molecule has 1 aliphatic rings. The summed E-state index contributed by atoms with van der Waals surface area (Å²) in [5.74, 6) is 1.08. The number of amides is 2. The first kappa shape index (κ1) is 30.7. The molecule has 1 unspecified atom stereocenters. The number of fused-ring (bicyclic) bond motifs is 1. The van der Waals surface area contributed by atoms with E-state index >= 15 is 0 Å². The quantitative estimate of drug-likeness (QED) is 0.139. The summed E-state index contributed by atoms with van der Waals surface area (Å²) in [5, 5.41) is 7.95. The first-order valence-electron chi connectivity index (χ1n) is 12.7. The smallest absolute Gasteiger partial charge is 0.262 e. The molecule has 3 aromatic rings. The van der Waals surface area contributed by atoms with Gasteiger partial charge in [-0.1, -0.05) is 43.1 Å². The number of hydrazone groups is 1. The average molecular weight is 712 g/mol. The Morgan fingerprint density at radius 3 is 2.59 bits per heavy atom. The van der Waals surface area contributed by atoms with Gasteiger partial charge in [-0.15, -0.1) is 0 Å². The fraction of sp³-hybridized carbons (Fsp3) is 0.276. The van der Waals surface area contributed by atoms with E-state index in [2.05, 4.69) is 38.4 Å². The fourth-order valence-electron chi connectivity index (χ4n) is 3.89. The van der Waals surface area contributed by atoms with Crippen LogP contribution in [0.4, 0.5) is 0 Å². The summed E-state index contributed by atoms with van der Waals surface area (Å²) >= 11 is 14.4. The van der Waals surface area contributed by atoms with Gasteiger partial charge in [0, 0.05) is 21.2 Å². The Balaban J connectivity index is 1.42. The Labute approximate surface area is 261 Å². The number of benzene rings is 3. The van der Waals surface area contributed by atoms with Crippen LogP contribution in [0.2, 0.25) is 10.0 Å². The molecule has 12 heteroatoms. The van der Waals surface area contributed by atoms with E-state index in [9.17, 15) is 9.59 Å². The minimum atomic E-state index is -0.820. The molecule has 4 rings (SSSR count). The lowest BCUT2D eigenvalue weighted by Gasteiger charge is -2.20. The van der Waals surface area contributed by atoms with Crippen molar-refractivity contribution in [1.29, 1.82) is 0 Å². The molecule has 0 bridgehead atoms. The normalized spacial score (nSPS) is 12.9. The zero-order chi connectivity index (χ0) is 29.5. The number of ether oxygens (including phenoxy) is 4. The van der Waals surface area contributed by atoms with E-state index in [1.165, 1.54) is 6.21 Å². The van der Waals surface area contributed by atoms with Crippen molar-refractivity contribution in [2.24, 2.45) is 11.0 Å². The van der Waals surface area contributed by atoms with Crippen molar-refractivity contribution in [2.45, 2.75) is 33.4 Å². The number of rotatable bonds is 11. The van der Waals surface area contributed by atoms with Gasteiger partial charge in [-0.25, -0.2) is 5.43 Å². The van der Waals surface area contributed by atoms with E-state index in [1.807, 2.05) is 32.9 Å². The second-order valence-electron chi connectivity index (χ2n) is 9.28. The van der Waals surface area contributed by atoms with Crippen molar-refractivity contribution < 1.29 is 28.5 Å². The summed E-state index contributed by atoms with van der Waals surface area (Å²) in [6.07, 6.45) is 1.50. The van der Waals surface area contributed by atoms with Gasteiger partial charge in [-0.3, -0.25) is 9.59 Å². The van der Waals surface area contributed by atoms with E-state index in [0.717, 1.165) is 9.13 Å². The second-order valence-corrected chi connectivity index (χ2v) is 11.3. The topological polar surface area (TPSA) is 107 Å². The van der Waals surface area contributed by atoms with E-state index in [1.54, 1.807) is 36.4 Å². The Hall–Kier alpha value is -3.22. The maximum absolute atomic E-state index is 12.9. The van der Waals surface area contributed by atoms with Crippen LogP contribution in [0.15, 0.2) is 53.6 Å². The third-order valence-corrected chi connectivity index (χ3v) is 7.37. The Bertz CT molecular complexity index is 1470. The molecule has 216 valence electrons. The summed E-state index contributed by atoms with van der Waals surface area (Å²) in [4.78, 5) is 25.8. The molecule has 41 heavy (non-hydrogen) atoms. The monoisotopic (exact) mass is 711 g/mol. The summed E-state index contributed by atoms with van der Waals surface area (Å²) in [5.41, 5.74) is 4.35. The van der Waals surface area contributed by atoms with Gasteiger partial charge in [0.2, 0.25) is 6.79 Å². The molecule has 0 fully saturated rings. The number of nitrogens with zero attached hydrogens (tertiary/aromatic N) is 1. The maximum Gasteiger partial charge on any atom is 0.262 e. The van der Waals surface area contributed by atoms with Crippen LogP contribution in [-0.4, -0.2) is 37.5 Å². The van der Waals surface area contributed by atoms with Gasteiger partial charge < -0.3 is 24.3 Å². The zero-order valence-corrected chi connectivity index (χ0v) is 26.2. The molecule has 9 nitrogen and oxygen atoms in total.